The highest BCUT2D eigenvalue weighted by Crippen LogP contribution is 2.48. The molecule has 7 heteroatoms. The molecule has 0 unspecified atom stereocenters. The minimum absolute atomic E-state index is 0.167. The molecule has 0 atom stereocenters. The molecule has 30 heavy (non-hydrogen) atoms. The second-order valence-electron chi connectivity index (χ2n) is 7.01. The second kappa shape index (κ2) is 10.6. The van der Waals surface area contributed by atoms with Crippen LogP contribution in [0.25, 0.3) is 11.1 Å². The molecule has 2 aromatic rings. The van der Waals surface area contributed by atoms with Gasteiger partial charge < -0.3 is 4.74 Å². The van der Waals surface area contributed by atoms with Crippen molar-refractivity contribution in [1.29, 1.82) is 0 Å². The van der Waals surface area contributed by atoms with Crippen molar-refractivity contribution in [3.05, 3.63) is 65.2 Å². The monoisotopic (exact) mass is 456 g/mol. The molecule has 0 N–H and O–H groups in total. The van der Waals surface area contributed by atoms with Gasteiger partial charge in [0.2, 0.25) is 5.82 Å². The molecule has 0 amide bonds. The average Bonchev–Trinajstić information content (AvgIpc) is 2.75. The zero-order valence-electron chi connectivity index (χ0n) is 16.9. The summed E-state index contributed by atoms with van der Waals surface area (Å²) in [6, 6.07) is 5.24. The summed E-state index contributed by atoms with van der Waals surface area (Å²) in [6.07, 6.45) is 6.27. The van der Waals surface area contributed by atoms with Crippen LogP contribution < -0.4 is 4.74 Å². The van der Waals surface area contributed by atoms with Gasteiger partial charge in [0.25, 0.3) is 0 Å². The molecule has 1 saturated heterocycles. The van der Waals surface area contributed by atoms with E-state index in [1.54, 1.807) is 30.4 Å². The van der Waals surface area contributed by atoms with Crippen LogP contribution in [0.4, 0.5) is 17.6 Å². The van der Waals surface area contributed by atoms with Crippen LogP contribution in [-0.2, 0) is 0 Å². The molecule has 0 saturated carbocycles. The molecule has 0 spiro atoms. The maximum atomic E-state index is 14.9. The van der Waals surface area contributed by atoms with E-state index in [1.807, 2.05) is 13.0 Å². The van der Waals surface area contributed by atoms with Crippen LogP contribution in [0.15, 0.2) is 36.4 Å². The van der Waals surface area contributed by atoms with Gasteiger partial charge in [0.05, 0.1) is 11.2 Å². The fraction of sp³-hybridized carbons (Fsp3) is 0.391. The minimum atomic E-state index is -1.25. The van der Waals surface area contributed by atoms with Crippen molar-refractivity contribution in [1.82, 2.24) is 0 Å². The maximum Gasteiger partial charge on any atom is 0.201 e. The predicted octanol–water partition coefficient (Wildman–Crippen LogP) is 7.76. The van der Waals surface area contributed by atoms with E-state index in [0.29, 0.717) is 5.92 Å². The Bertz CT molecular complexity index is 909. The highest BCUT2D eigenvalue weighted by Gasteiger charge is 2.28. The Morgan fingerprint density at radius 3 is 2.20 bits per heavy atom. The summed E-state index contributed by atoms with van der Waals surface area (Å²) in [5, 5.41) is 0. The molecule has 162 valence electrons. The van der Waals surface area contributed by atoms with Gasteiger partial charge in [-0.3, -0.25) is 0 Å². The first-order valence-electron chi connectivity index (χ1n) is 9.91. The molecule has 3 rings (SSSR count). The van der Waals surface area contributed by atoms with E-state index in [9.17, 15) is 17.6 Å². The van der Waals surface area contributed by atoms with E-state index in [0.717, 1.165) is 24.3 Å². The van der Waals surface area contributed by atoms with Crippen LogP contribution in [0.1, 0.15) is 36.8 Å². The highest BCUT2D eigenvalue weighted by molar-refractivity contribution is 8.16. The van der Waals surface area contributed by atoms with E-state index in [2.05, 4.69) is 6.08 Å². The maximum absolute atomic E-state index is 14.9. The lowest BCUT2D eigenvalue weighted by Gasteiger charge is -2.28. The van der Waals surface area contributed by atoms with Gasteiger partial charge in [0, 0.05) is 16.7 Å². The van der Waals surface area contributed by atoms with Gasteiger partial charge in [-0.15, -0.1) is 23.5 Å². The molecule has 1 heterocycles. The quantitative estimate of drug-likeness (QED) is 0.311. The Kier molecular flexibility index (Phi) is 8.17. The fourth-order valence-corrected chi connectivity index (χ4v) is 6.54. The molecular weight excluding hydrogens is 432 g/mol. The Hall–Kier alpha value is -1.60. The van der Waals surface area contributed by atoms with Crippen LogP contribution in [0.2, 0.25) is 0 Å². The number of allylic oxidation sites excluding steroid dienone is 2. The number of thioether (sulfide) groups is 2. The lowest BCUT2D eigenvalue weighted by Crippen LogP contribution is -2.15. The molecule has 0 bridgehead atoms. The van der Waals surface area contributed by atoms with Crippen LogP contribution in [-0.4, -0.2) is 18.1 Å². The molecule has 0 aromatic heterocycles. The summed E-state index contributed by atoms with van der Waals surface area (Å²) in [4.78, 5) is 0. The number of rotatable bonds is 7. The van der Waals surface area contributed by atoms with Crippen molar-refractivity contribution in [2.24, 2.45) is 5.92 Å². The lowest BCUT2D eigenvalue weighted by atomic mass is 10.0. The summed E-state index contributed by atoms with van der Waals surface area (Å²) in [5.41, 5.74) is -0.373. The van der Waals surface area contributed by atoms with Gasteiger partial charge in [0.1, 0.15) is 0 Å². The van der Waals surface area contributed by atoms with Crippen LogP contribution in [0.3, 0.4) is 0 Å². The third-order valence-electron chi connectivity index (χ3n) is 4.95. The van der Waals surface area contributed by atoms with Gasteiger partial charge >= 0.3 is 0 Å². The van der Waals surface area contributed by atoms with Gasteiger partial charge in [-0.2, -0.15) is 4.39 Å². The standard InChI is InChI=1S/C23H24F4OS2/c1-3-5-6-7-14-12-29-23(30-13-14)17-9-8-15(19(24)21(17)26)16-10-11-18(28-4-2)22(27)20(16)25/h3,5,8-11,14,23H,4,6-7,12-13H2,1-2H3/b5-3+. The third-order valence-corrected chi connectivity index (χ3v) is 8.20. The molecule has 1 aliphatic heterocycles. The number of benzene rings is 2. The lowest BCUT2D eigenvalue weighted by molar-refractivity contribution is 0.314. The second-order valence-corrected chi connectivity index (χ2v) is 9.59. The van der Waals surface area contributed by atoms with Crippen molar-refractivity contribution in [3.8, 4) is 16.9 Å². The molecule has 2 aromatic carbocycles. The van der Waals surface area contributed by atoms with E-state index in [4.69, 9.17) is 4.74 Å². The predicted molar refractivity (Wildman–Crippen MR) is 118 cm³/mol. The van der Waals surface area contributed by atoms with E-state index >= 15 is 0 Å². The van der Waals surface area contributed by atoms with Gasteiger partial charge in [-0.1, -0.05) is 24.3 Å². The zero-order chi connectivity index (χ0) is 21.7. The Labute approximate surface area is 183 Å². The van der Waals surface area contributed by atoms with Crippen molar-refractivity contribution < 1.29 is 22.3 Å². The first-order chi connectivity index (χ1) is 14.5. The number of hydrogen-bond acceptors (Lipinski definition) is 3. The third kappa shape index (κ3) is 4.99. The molecule has 0 radical (unpaired) electrons. The first kappa shape index (κ1) is 23.1. The SMILES string of the molecule is C/C=C/CCC1CSC(c2ccc(-c3ccc(OCC)c(F)c3F)c(F)c2F)SC1. The largest absolute Gasteiger partial charge is 0.491 e. The smallest absolute Gasteiger partial charge is 0.201 e. The normalized spacial score (nSPS) is 19.4. The van der Waals surface area contributed by atoms with Crippen molar-refractivity contribution >= 4 is 23.5 Å². The van der Waals surface area contributed by atoms with Crippen LogP contribution in [0.5, 0.6) is 5.75 Å². The molecule has 0 aliphatic carbocycles. The topological polar surface area (TPSA) is 9.23 Å². The fourth-order valence-electron chi connectivity index (χ4n) is 3.35. The Morgan fingerprint density at radius 2 is 1.57 bits per heavy atom. The van der Waals surface area contributed by atoms with Gasteiger partial charge in [-0.05, 0) is 56.2 Å². The minimum Gasteiger partial charge on any atom is -0.491 e. The number of ether oxygens (including phenoxy) is 1. The van der Waals surface area contributed by atoms with Gasteiger partial charge in [0.15, 0.2) is 23.2 Å². The summed E-state index contributed by atoms with van der Waals surface area (Å²) < 4.78 is 63.1. The molecular formula is C23H24F4OS2. The Balaban J connectivity index is 1.79. The van der Waals surface area contributed by atoms with E-state index in [-0.39, 0.29) is 33.6 Å². The van der Waals surface area contributed by atoms with Gasteiger partial charge in [-0.25, -0.2) is 13.2 Å². The van der Waals surface area contributed by atoms with E-state index < -0.39 is 23.3 Å². The first-order valence-corrected chi connectivity index (χ1v) is 12.0. The zero-order valence-corrected chi connectivity index (χ0v) is 18.5. The molecule has 1 fully saturated rings. The summed E-state index contributed by atoms with van der Waals surface area (Å²) >= 11 is 3.20. The van der Waals surface area contributed by atoms with Crippen molar-refractivity contribution in [3.63, 3.8) is 0 Å². The van der Waals surface area contributed by atoms with Crippen molar-refractivity contribution in [2.45, 2.75) is 31.3 Å². The summed E-state index contributed by atoms with van der Waals surface area (Å²) in [7, 11) is 0. The van der Waals surface area contributed by atoms with Crippen molar-refractivity contribution in [2.75, 3.05) is 18.1 Å². The highest BCUT2D eigenvalue weighted by atomic mass is 32.2. The summed E-state index contributed by atoms with van der Waals surface area (Å²) in [5.74, 6) is -2.56. The van der Waals surface area contributed by atoms with Crippen LogP contribution in [0, 0.1) is 29.2 Å². The summed E-state index contributed by atoms with van der Waals surface area (Å²) in [6.45, 7) is 3.81. The average molecular weight is 457 g/mol. The van der Waals surface area contributed by atoms with E-state index in [1.165, 1.54) is 24.3 Å². The molecule has 1 nitrogen and oxygen atoms in total. The Morgan fingerprint density at radius 1 is 0.933 bits per heavy atom. The number of halogens is 4. The molecule has 1 aliphatic rings. The van der Waals surface area contributed by atoms with Crippen LogP contribution >= 0.6 is 23.5 Å². The number of hydrogen-bond donors (Lipinski definition) is 0.